The molecule has 1 aliphatic rings. The van der Waals surface area contributed by atoms with Crippen LogP contribution in [0.5, 0.6) is 0 Å². The summed E-state index contributed by atoms with van der Waals surface area (Å²) in [6.07, 6.45) is 1.80. The lowest BCUT2D eigenvalue weighted by atomic mass is 10.1. The Bertz CT molecular complexity index is 539. The molecule has 0 aliphatic carbocycles. The van der Waals surface area contributed by atoms with Crippen molar-refractivity contribution in [2.24, 2.45) is 0 Å². The predicted octanol–water partition coefficient (Wildman–Crippen LogP) is 2.25. The number of amides is 1. The third-order valence-corrected chi connectivity index (χ3v) is 4.45. The normalized spacial score (nSPS) is 21.1. The van der Waals surface area contributed by atoms with Gasteiger partial charge >= 0.3 is 0 Å². The zero-order valence-corrected chi connectivity index (χ0v) is 13.6. The van der Waals surface area contributed by atoms with Crippen molar-refractivity contribution in [3.63, 3.8) is 0 Å². The summed E-state index contributed by atoms with van der Waals surface area (Å²) in [6.45, 7) is 11.8. The van der Waals surface area contributed by atoms with Gasteiger partial charge in [-0.15, -0.1) is 17.9 Å². The molecule has 0 aromatic carbocycles. The Morgan fingerprint density at radius 1 is 1.71 bits per heavy atom. The van der Waals surface area contributed by atoms with Crippen LogP contribution in [0.1, 0.15) is 30.4 Å². The van der Waals surface area contributed by atoms with Gasteiger partial charge in [0.2, 0.25) is 0 Å². The number of carbonyl (C=O) groups excluding carboxylic acids is 1. The van der Waals surface area contributed by atoms with Gasteiger partial charge in [0, 0.05) is 19.6 Å². The largest absolute Gasteiger partial charge is 0.397 e. The minimum atomic E-state index is -0.207. The van der Waals surface area contributed by atoms with Crippen molar-refractivity contribution in [3.05, 3.63) is 23.6 Å². The molecule has 0 radical (unpaired) electrons. The molecule has 0 spiro atoms. The van der Waals surface area contributed by atoms with E-state index in [2.05, 4.69) is 37.6 Å². The number of thiophene rings is 1. The van der Waals surface area contributed by atoms with E-state index in [1.165, 1.54) is 11.3 Å². The number of hydrogen-bond donors (Lipinski definition) is 2. The molecule has 0 saturated carbocycles. The third-order valence-electron chi connectivity index (χ3n) is 3.24. The predicted molar refractivity (Wildman–Crippen MR) is 88.1 cm³/mol. The number of nitrogens with zero attached hydrogens (tertiary/aromatic N) is 1. The first-order valence-electron chi connectivity index (χ1n) is 7.03. The molecule has 1 atom stereocenters. The molecule has 2 heterocycles. The van der Waals surface area contributed by atoms with Gasteiger partial charge < -0.3 is 20.7 Å². The highest BCUT2D eigenvalue weighted by molar-refractivity contribution is 7.18. The van der Waals surface area contributed by atoms with Crippen LogP contribution in [0, 0.1) is 0 Å². The number of carbonyl (C=O) groups is 1. The van der Waals surface area contributed by atoms with Gasteiger partial charge in [-0.1, -0.05) is 6.08 Å². The fourth-order valence-electron chi connectivity index (χ4n) is 2.59. The highest BCUT2D eigenvalue weighted by atomic mass is 32.1. The summed E-state index contributed by atoms with van der Waals surface area (Å²) in [5.74, 6) is -0.149. The first-order chi connectivity index (χ1) is 9.82. The van der Waals surface area contributed by atoms with Crippen molar-refractivity contribution >= 4 is 27.9 Å². The van der Waals surface area contributed by atoms with Gasteiger partial charge in [0.05, 0.1) is 22.4 Å². The quantitative estimate of drug-likeness (QED) is 0.837. The molecule has 5 nitrogen and oxygen atoms in total. The van der Waals surface area contributed by atoms with E-state index in [-0.39, 0.29) is 17.6 Å². The molecular weight excluding hydrogens is 286 g/mol. The Hall–Kier alpha value is -1.53. The molecule has 1 aromatic heterocycles. The molecule has 1 amide bonds. The van der Waals surface area contributed by atoms with Crippen LogP contribution in [0.4, 0.5) is 10.7 Å². The highest BCUT2D eigenvalue weighted by Crippen LogP contribution is 2.35. The number of anilines is 2. The SMILES string of the molecule is C=CCNC(=O)c1sc(N2CC(C)OC(C)(C)C2)cc1N. The van der Waals surface area contributed by atoms with Crippen molar-refractivity contribution in [2.45, 2.75) is 32.5 Å². The minimum absolute atomic E-state index is 0.148. The highest BCUT2D eigenvalue weighted by Gasteiger charge is 2.32. The number of hydrogen-bond acceptors (Lipinski definition) is 5. The standard InChI is InChI=1S/C15H23N3O2S/c1-5-6-17-14(19)13-11(16)7-12(21-13)18-8-10(2)20-15(3,4)9-18/h5,7,10H,1,6,8-9,16H2,2-4H3,(H,17,19). The molecule has 3 N–H and O–H groups in total. The Morgan fingerprint density at radius 3 is 3.05 bits per heavy atom. The molecule has 1 unspecified atom stereocenters. The summed E-state index contributed by atoms with van der Waals surface area (Å²) in [5.41, 5.74) is 6.30. The maximum atomic E-state index is 12.0. The Morgan fingerprint density at radius 2 is 2.43 bits per heavy atom. The number of morpholine rings is 1. The van der Waals surface area contributed by atoms with Crippen molar-refractivity contribution < 1.29 is 9.53 Å². The van der Waals surface area contributed by atoms with E-state index in [1.54, 1.807) is 6.08 Å². The van der Waals surface area contributed by atoms with Crippen LogP contribution < -0.4 is 16.0 Å². The summed E-state index contributed by atoms with van der Waals surface area (Å²) >= 11 is 1.43. The van der Waals surface area contributed by atoms with Crippen LogP contribution in [0.25, 0.3) is 0 Å². The fraction of sp³-hybridized carbons (Fsp3) is 0.533. The lowest BCUT2D eigenvalue weighted by Crippen LogP contribution is -2.51. The molecular formula is C15H23N3O2S. The van der Waals surface area contributed by atoms with Crippen LogP contribution in [-0.2, 0) is 4.74 Å². The molecule has 21 heavy (non-hydrogen) atoms. The van der Waals surface area contributed by atoms with Gasteiger partial charge in [0.25, 0.3) is 5.91 Å². The van der Waals surface area contributed by atoms with Gasteiger partial charge in [-0.3, -0.25) is 4.79 Å². The first-order valence-corrected chi connectivity index (χ1v) is 7.85. The number of nitrogens with one attached hydrogen (secondary N) is 1. The summed E-state index contributed by atoms with van der Waals surface area (Å²) in [6, 6.07) is 1.88. The van der Waals surface area contributed by atoms with Gasteiger partial charge in [-0.05, 0) is 26.8 Å². The lowest BCUT2D eigenvalue weighted by molar-refractivity contribution is -0.0748. The van der Waals surface area contributed by atoms with Gasteiger partial charge in [-0.2, -0.15) is 0 Å². The summed E-state index contributed by atoms with van der Waals surface area (Å²) in [4.78, 5) is 14.8. The Kier molecular flexibility index (Phi) is 4.58. The van der Waals surface area contributed by atoms with Gasteiger partial charge in [-0.25, -0.2) is 0 Å². The molecule has 6 heteroatoms. The van der Waals surface area contributed by atoms with E-state index in [9.17, 15) is 4.79 Å². The Balaban J connectivity index is 2.18. The van der Waals surface area contributed by atoms with Gasteiger partial charge in [0.15, 0.2) is 0 Å². The van der Waals surface area contributed by atoms with E-state index in [0.717, 1.165) is 18.1 Å². The van der Waals surface area contributed by atoms with Crippen molar-refractivity contribution in [1.29, 1.82) is 0 Å². The number of rotatable bonds is 4. The minimum Gasteiger partial charge on any atom is -0.397 e. The first kappa shape index (κ1) is 15.9. The Labute approximate surface area is 129 Å². The van der Waals surface area contributed by atoms with Crippen LogP contribution in [-0.4, -0.2) is 37.2 Å². The maximum Gasteiger partial charge on any atom is 0.263 e. The van der Waals surface area contributed by atoms with E-state index in [4.69, 9.17) is 10.5 Å². The second-order valence-electron chi connectivity index (χ2n) is 5.94. The van der Waals surface area contributed by atoms with Crippen LogP contribution in [0.15, 0.2) is 18.7 Å². The lowest BCUT2D eigenvalue weighted by Gasteiger charge is -2.42. The monoisotopic (exact) mass is 309 g/mol. The average Bonchev–Trinajstić information content (AvgIpc) is 2.76. The number of nitrogen functional groups attached to an aromatic ring is 1. The van der Waals surface area contributed by atoms with Crippen LogP contribution >= 0.6 is 11.3 Å². The topological polar surface area (TPSA) is 67.6 Å². The smallest absolute Gasteiger partial charge is 0.263 e. The third kappa shape index (κ3) is 3.77. The fourth-order valence-corrected chi connectivity index (χ4v) is 3.60. The summed E-state index contributed by atoms with van der Waals surface area (Å²) in [7, 11) is 0. The van der Waals surface area contributed by atoms with Crippen molar-refractivity contribution in [2.75, 3.05) is 30.3 Å². The molecule has 1 aliphatic heterocycles. The van der Waals surface area contributed by atoms with Crippen LogP contribution in [0.3, 0.4) is 0 Å². The second kappa shape index (κ2) is 6.07. The van der Waals surface area contributed by atoms with E-state index < -0.39 is 0 Å². The van der Waals surface area contributed by atoms with E-state index in [0.29, 0.717) is 17.1 Å². The molecule has 1 aromatic rings. The van der Waals surface area contributed by atoms with E-state index >= 15 is 0 Å². The van der Waals surface area contributed by atoms with Crippen molar-refractivity contribution in [3.8, 4) is 0 Å². The number of ether oxygens (including phenoxy) is 1. The molecule has 2 rings (SSSR count). The van der Waals surface area contributed by atoms with E-state index in [1.807, 2.05) is 6.07 Å². The molecule has 0 bridgehead atoms. The maximum absolute atomic E-state index is 12.0. The molecule has 1 fully saturated rings. The average molecular weight is 309 g/mol. The summed E-state index contributed by atoms with van der Waals surface area (Å²) < 4.78 is 5.90. The summed E-state index contributed by atoms with van der Waals surface area (Å²) in [5, 5.41) is 3.77. The molecule has 116 valence electrons. The van der Waals surface area contributed by atoms with Crippen molar-refractivity contribution in [1.82, 2.24) is 5.32 Å². The van der Waals surface area contributed by atoms with Gasteiger partial charge in [0.1, 0.15) is 4.88 Å². The molecule has 1 saturated heterocycles. The zero-order valence-electron chi connectivity index (χ0n) is 12.8. The zero-order chi connectivity index (χ0) is 15.6. The number of nitrogens with two attached hydrogens (primary N) is 1. The van der Waals surface area contributed by atoms with Crippen LogP contribution in [0.2, 0.25) is 0 Å². The second-order valence-corrected chi connectivity index (χ2v) is 6.97.